The smallest absolute Gasteiger partial charge is 0.266 e. The van der Waals surface area contributed by atoms with Crippen molar-refractivity contribution in [2.75, 3.05) is 6.61 Å². The van der Waals surface area contributed by atoms with Crippen molar-refractivity contribution in [1.82, 2.24) is 0 Å². The van der Waals surface area contributed by atoms with E-state index in [0.29, 0.717) is 0 Å². The van der Waals surface area contributed by atoms with Crippen LogP contribution >= 0.6 is 0 Å². The second kappa shape index (κ2) is 5.80. The van der Waals surface area contributed by atoms with Crippen molar-refractivity contribution < 1.29 is 12.6 Å². The van der Waals surface area contributed by atoms with Crippen LogP contribution in [0.3, 0.4) is 0 Å². The van der Waals surface area contributed by atoms with Gasteiger partial charge in [-0.25, -0.2) is 0 Å². The van der Waals surface area contributed by atoms with Crippen LogP contribution in [0.5, 0.6) is 0 Å². The molecule has 4 nitrogen and oxygen atoms in total. The Morgan fingerprint density at radius 3 is 2.47 bits per heavy atom. The second-order valence-corrected chi connectivity index (χ2v) is 5.63. The van der Waals surface area contributed by atoms with Gasteiger partial charge in [-0.05, 0) is 25.0 Å². The van der Waals surface area contributed by atoms with Gasteiger partial charge in [0.15, 0.2) is 0 Å². The van der Waals surface area contributed by atoms with Gasteiger partial charge in [0.05, 0.1) is 17.6 Å². The van der Waals surface area contributed by atoms with Gasteiger partial charge in [0.25, 0.3) is 10.1 Å². The monoisotopic (exact) mass is 253 g/mol. The fraction of sp³-hybridized carbons (Fsp3) is 0.417. The highest BCUT2D eigenvalue weighted by Gasteiger charge is 2.16. The Morgan fingerprint density at radius 1 is 1.35 bits per heavy atom. The summed E-state index contributed by atoms with van der Waals surface area (Å²) in [7, 11) is -3.70. The summed E-state index contributed by atoms with van der Waals surface area (Å²) < 4.78 is 28.4. The lowest BCUT2D eigenvalue weighted by atomic mass is 10.1. The molecule has 0 aliphatic heterocycles. The predicted molar refractivity (Wildman–Crippen MR) is 63.7 cm³/mol. The molecule has 0 radical (unpaired) electrons. The van der Waals surface area contributed by atoms with E-state index in [2.05, 4.69) is 0 Å². The molecule has 1 aromatic carbocycles. The standard InChI is InChI=1S/C12H15NO3S/c1-10-3-5-12(6-4-10)17(14,15)16-9-11(2)7-8-13/h3-6,11H,7,9H2,1-2H3. The number of hydrogen-bond acceptors (Lipinski definition) is 4. The first kappa shape index (κ1) is 13.7. The van der Waals surface area contributed by atoms with Crippen LogP contribution in [0, 0.1) is 24.2 Å². The molecule has 0 aliphatic carbocycles. The molecule has 0 amide bonds. The Morgan fingerprint density at radius 2 is 1.94 bits per heavy atom. The van der Waals surface area contributed by atoms with Gasteiger partial charge in [-0.1, -0.05) is 24.6 Å². The van der Waals surface area contributed by atoms with Crippen molar-refractivity contribution in [3.63, 3.8) is 0 Å². The summed E-state index contributed by atoms with van der Waals surface area (Å²) in [5, 5.41) is 8.46. The van der Waals surface area contributed by atoms with E-state index >= 15 is 0 Å². The summed E-state index contributed by atoms with van der Waals surface area (Å²) in [6, 6.07) is 8.44. The first-order valence-corrected chi connectivity index (χ1v) is 6.69. The van der Waals surface area contributed by atoms with Gasteiger partial charge in [-0.15, -0.1) is 0 Å². The zero-order valence-corrected chi connectivity index (χ0v) is 10.7. The second-order valence-electron chi connectivity index (χ2n) is 4.02. The SMILES string of the molecule is Cc1ccc(S(=O)(=O)OCC(C)CC#N)cc1. The maximum absolute atomic E-state index is 11.7. The molecule has 1 atom stereocenters. The van der Waals surface area contributed by atoms with Crippen LogP contribution in [-0.4, -0.2) is 15.0 Å². The molecule has 0 heterocycles. The molecule has 17 heavy (non-hydrogen) atoms. The lowest BCUT2D eigenvalue weighted by Gasteiger charge is -2.09. The summed E-state index contributed by atoms with van der Waals surface area (Å²) in [5.41, 5.74) is 0.988. The summed E-state index contributed by atoms with van der Waals surface area (Å²) in [5.74, 6) is -0.0970. The van der Waals surface area contributed by atoms with E-state index in [1.54, 1.807) is 19.1 Å². The molecule has 1 rings (SSSR count). The molecule has 0 saturated heterocycles. The molecular formula is C12H15NO3S. The lowest BCUT2D eigenvalue weighted by Crippen LogP contribution is -2.12. The minimum Gasteiger partial charge on any atom is -0.266 e. The van der Waals surface area contributed by atoms with E-state index in [0.717, 1.165) is 5.56 Å². The number of rotatable bonds is 5. The van der Waals surface area contributed by atoms with E-state index < -0.39 is 10.1 Å². The van der Waals surface area contributed by atoms with Crippen LogP contribution in [0.2, 0.25) is 0 Å². The largest absolute Gasteiger partial charge is 0.296 e. The van der Waals surface area contributed by atoms with Gasteiger partial charge in [0.1, 0.15) is 0 Å². The third-order valence-electron chi connectivity index (χ3n) is 2.26. The number of aryl methyl sites for hydroxylation is 1. The van der Waals surface area contributed by atoms with Crippen molar-refractivity contribution in [2.24, 2.45) is 5.92 Å². The molecule has 0 spiro atoms. The van der Waals surface area contributed by atoms with Crippen LogP contribution in [-0.2, 0) is 14.3 Å². The van der Waals surface area contributed by atoms with Gasteiger partial charge in [-0.2, -0.15) is 13.7 Å². The highest BCUT2D eigenvalue weighted by Crippen LogP contribution is 2.14. The zero-order valence-electron chi connectivity index (χ0n) is 9.88. The van der Waals surface area contributed by atoms with Gasteiger partial charge in [-0.3, -0.25) is 4.18 Å². The minimum atomic E-state index is -3.70. The fourth-order valence-corrected chi connectivity index (χ4v) is 2.21. The Bertz CT molecular complexity index is 500. The van der Waals surface area contributed by atoms with Gasteiger partial charge in [0.2, 0.25) is 0 Å². The van der Waals surface area contributed by atoms with Gasteiger partial charge >= 0.3 is 0 Å². The Kier molecular flexibility index (Phi) is 4.67. The van der Waals surface area contributed by atoms with Gasteiger partial charge in [0, 0.05) is 6.42 Å². The first-order chi connectivity index (χ1) is 7.95. The zero-order chi connectivity index (χ0) is 12.9. The molecule has 1 unspecified atom stereocenters. The molecule has 0 fully saturated rings. The third-order valence-corrected chi connectivity index (χ3v) is 3.55. The van der Waals surface area contributed by atoms with Crippen molar-refractivity contribution in [3.8, 4) is 6.07 Å². The number of nitrogens with zero attached hydrogens (tertiary/aromatic N) is 1. The molecule has 5 heteroatoms. The number of hydrogen-bond donors (Lipinski definition) is 0. The maximum Gasteiger partial charge on any atom is 0.296 e. The van der Waals surface area contributed by atoms with Crippen LogP contribution in [0.4, 0.5) is 0 Å². The van der Waals surface area contributed by atoms with E-state index in [1.807, 2.05) is 13.0 Å². The Hall–Kier alpha value is -1.38. The van der Waals surface area contributed by atoms with Crippen molar-refractivity contribution >= 4 is 10.1 Å². The van der Waals surface area contributed by atoms with Crippen molar-refractivity contribution in [1.29, 1.82) is 5.26 Å². The normalized spacial score (nSPS) is 13.0. The predicted octanol–water partition coefficient (Wildman–Crippen LogP) is 2.25. The van der Waals surface area contributed by atoms with Crippen molar-refractivity contribution in [3.05, 3.63) is 29.8 Å². The van der Waals surface area contributed by atoms with E-state index in [9.17, 15) is 8.42 Å². The molecule has 0 saturated carbocycles. The van der Waals surface area contributed by atoms with Gasteiger partial charge < -0.3 is 0 Å². The van der Waals surface area contributed by atoms with Crippen LogP contribution in [0.25, 0.3) is 0 Å². The number of benzene rings is 1. The highest BCUT2D eigenvalue weighted by molar-refractivity contribution is 7.86. The summed E-state index contributed by atoms with van der Waals surface area (Å²) in [4.78, 5) is 0.146. The van der Waals surface area contributed by atoms with Crippen LogP contribution < -0.4 is 0 Å². The van der Waals surface area contributed by atoms with E-state index in [-0.39, 0.29) is 23.8 Å². The summed E-state index contributed by atoms with van der Waals surface area (Å²) in [6.07, 6.45) is 0.281. The molecule has 92 valence electrons. The average molecular weight is 253 g/mol. The quantitative estimate of drug-likeness (QED) is 0.755. The highest BCUT2D eigenvalue weighted by atomic mass is 32.2. The lowest BCUT2D eigenvalue weighted by molar-refractivity contribution is 0.267. The third kappa shape index (κ3) is 4.17. The molecule has 0 aromatic heterocycles. The molecule has 1 aromatic rings. The Labute approximate surface area is 102 Å². The molecule has 0 bridgehead atoms. The minimum absolute atomic E-state index is 0.0315. The topological polar surface area (TPSA) is 67.2 Å². The van der Waals surface area contributed by atoms with Crippen LogP contribution in [0.1, 0.15) is 18.9 Å². The van der Waals surface area contributed by atoms with Crippen molar-refractivity contribution in [2.45, 2.75) is 25.2 Å². The molecule has 0 aliphatic rings. The summed E-state index contributed by atoms with van der Waals surface area (Å²) in [6.45, 7) is 3.68. The number of nitriles is 1. The summed E-state index contributed by atoms with van der Waals surface area (Å²) >= 11 is 0. The first-order valence-electron chi connectivity index (χ1n) is 5.29. The maximum atomic E-state index is 11.7. The van der Waals surface area contributed by atoms with E-state index in [1.165, 1.54) is 12.1 Å². The Balaban J connectivity index is 2.70. The van der Waals surface area contributed by atoms with E-state index in [4.69, 9.17) is 9.44 Å². The average Bonchev–Trinajstić information content (AvgIpc) is 2.28. The molecular weight excluding hydrogens is 238 g/mol. The molecule has 0 N–H and O–H groups in total. The fourth-order valence-electron chi connectivity index (χ4n) is 1.19. The van der Waals surface area contributed by atoms with Crippen LogP contribution in [0.15, 0.2) is 29.2 Å².